The standard InChI is InChI=1S/C24H18Cl2F3N3O4/c1-35-20-9-6-14(10-15(20)13-36-21-5-3-2-4-18(21)26)12-30-32-23(34)22(33)31-19-11-16(24(27,28)29)7-8-17(19)25/h2-12H,13H2,1H3,(H,31,33)(H,32,34). The van der Waals surface area contributed by atoms with Gasteiger partial charge in [0, 0.05) is 5.56 Å². The molecule has 0 radical (unpaired) electrons. The summed E-state index contributed by atoms with van der Waals surface area (Å²) in [5, 5.41) is 6.02. The molecule has 0 bridgehead atoms. The molecule has 7 nitrogen and oxygen atoms in total. The van der Waals surface area contributed by atoms with Crippen LogP contribution in [0.3, 0.4) is 0 Å². The summed E-state index contributed by atoms with van der Waals surface area (Å²) in [4.78, 5) is 24.1. The number of methoxy groups -OCH3 is 1. The second-order valence-electron chi connectivity index (χ2n) is 7.14. The van der Waals surface area contributed by atoms with Crippen molar-refractivity contribution in [1.82, 2.24) is 5.43 Å². The van der Waals surface area contributed by atoms with E-state index in [1.54, 1.807) is 42.5 Å². The van der Waals surface area contributed by atoms with Crippen LogP contribution in [0.25, 0.3) is 0 Å². The molecule has 0 unspecified atom stereocenters. The molecule has 0 saturated carbocycles. The maximum absolute atomic E-state index is 12.9. The van der Waals surface area contributed by atoms with Gasteiger partial charge in [-0.05, 0) is 54.1 Å². The summed E-state index contributed by atoms with van der Waals surface area (Å²) >= 11 is 11.9. The fourth-order valence-electron chi connectivity index (χ4n) is 2.90. The Morgan fingerprint density at radius 2 is 1.72 bits per heavy atom. The molecule has 0 heterocycles. The van der Waals surface area contributed by atoms with Crippen LogP contribution in [0.15, 0.2) is 65.8 Å². The number of carbonyl (C=O) groups excluding carboxylic acids is 2. The molecule has 0 aromatic heterocycles. The minimum absolute atomic E-state index is 0.126. The molecule has 0 atom stereocenters. The second-order valence-corrected chi connectivity index (χ2v) is 7.95. The predicted molar refractivity (Wildman–Crippen MR) is 130 cm³/mol. The van der Waals surface area contributed by atoms with Crippen molar-refractivity contribution in [2.75, 3.05) is 12.4 Å². The van der Waals surface area contributed by atoms with Crippen LogP contribution < -0.4 is 20.2 Å². The first kappa shape index (κ1) is 26.8. The van der Waals surface area contributed by atoms with Crippen molar-refractivity contribution in [2.24, 2.45) is 5.10 Å². The molecule has 0 aliphatic heterocycles. The zero-order valence-corrected chi connectivity index (χ0v) is 20.0. The zero-order valence-electron chi connectivity index (χ0n) is 18.5. The lowest BCUT2D eigenvalue weighted by Gasteiger charge is -2.12. The molecule has 0 saturated heterocycles. The molecule has 3 aromatic rings. The highest BCUT2D eigenvalue weighted by Gasteiger charge is 2.31. The van der Waals surface area contributed by atoms with Crippen molar-refractivity contribution < 1.29 is 32.2 Å². The fourth-order valence-corrected chi connectivity index (χ4v) is 3.26. The van der Waals surface area contributed by atoms with Crippen molar-refractivity contribution in [3.05, 3.63) is 87.4 Å². The van der Waals surface area contributed by atoms with Crippen molar-refractivity contribution in [3.63, 3.8) is 0 Å². The minimum Gasteiger partial charge on any atom is -0.496 e. The molecule has 0 aliphatic rings. The third kappa shape index (κ3) is 7.12. The maximum atomic E-state index is 12.9. The van der Waals surface area contributed by atoms with Gasteiger partial charge in [0.05, 0.1) is 34.6 Å². The molecular formula is C24H18Cl2F3N3O4. The average molecular weight is 540 g/mol. The van der Waals surface area contributed by atoms with E-state index in [2.05, 4.69) is 5.10 Å². The number of anilines is 1. The SMILES string of the molecule is COc1ccc(C=NNC(=O)C(=O)Nc2cc(C(F)(F)F)ccc2Cl)cc1COc1ccccc1Cl. The molecular weight excluding hydrogens is 522 g/mol. The van der Waals surface area contributed by atoms with Crippen LogP contribution in [-0.2, 0) is 22.4 Å². The Hall–Kier alpha value is -3.76. The summed E-state index contributed by atoms with van der Waals surface area (Å²) in [5.74, 6) is -1.44. The number of hydrogen-bond donors (Lipinski definition) is 2. The number of benzene rings is 3. The number of para-hydroxylation sites is 1. The first-order chi connectivity index (χ1) is 17.1. The molecule has 3 rings (SSSR count). The van der Waals surface area contributed by atoms with Gasteiger partial charge in [-0.25, -0.2) is 5.43 Å². The van der Waals surface area contributed by atoms with Crippen LogP contribution in [-0.4, -0.2) is 25.1 Å². The lowest BCUT2D eigenvalue weighted by molar-refractivity contribution is -0.137. The maximum Gasteiger partial charge on any atom is 0.416 e. The van der Waals surface area contributed by atoms with Gasteiger partial charge in [-0.3, -0.25) is 9.59 Å². The lowest BCUT2D eigenvalue weighted by atomic mass is 10.1. The molecule has 188 valence electrons. The van der Waals surface area contributed by atoms with Gasteiger partial charge < -0.3 is 14.8 Å². The number of nitrogens with zero attached hydrogens (tertiary/aromatic N) is 1. The number of ether oxygens (including phenoxy) is 2. The van der Waals surface area contributed by atoms with Gasteiger partial charge in [-0.2, -0.15) is 18.3 Å². The Balaban J connectivity index is 1.63. The molecule has 0 spiro atoms. The largest absolute Gasteiger partial charge is 0.496 e. The van der Waals surface area contributed by atoms with E-state index in [4.69, 9.17) is 32.7 Å². The Labute approximate surface area is 213 Å². The Bertz CT molecular complexity index is 1300. The van der Waals surface area contributed by atoms with Gasteiger partial charge in [0.15, 0.2) is 0 Å². The summed E-state index contributed by atoms with van der Waals surface area (Å²) in [5.41, 5.74) is 1.80. The molecule has 0 fully saturated rings. The Morgan fingerprint density at radius 1 is 0.972 bits per heavy atom. The summed E-state index contributed by atoms with van der Waals surface area (Å²) in [6, 6.07) is 14.3. The highest BCUT2D eigenvalue weighted by molar-refractivity contribution is 6.41. The smallest absolute Gasteiger partial charge is 0.416 e. The van der Waals surface area contributed by atoms with Crippen LogP contribution in [0.4, 0.5) is 18.9 Å². The number of alkyl halides is 3. The van der Waals surface area contributed by atoms with Crippen LogP contribution in [0.2, 0.25) is 10.0 Å². The fraction of sp³-hybridized carbons (Fsp3) is 0.125. The molecule has 12 heteroatoms. The van der Waals surface area contributed by atoms with Crippen LogP contribution in [0.5, 0.6) is 11.5 Å². The van der Waals surface area contributed by atoms with E-state index in [-0.39, 0.29) is 17.3 Å². The second kappa shape index (κ2) is 11.8. The van der Waals surface area contributed by atoms with Gasteiger partial charge >= 0.3 is 18.0 Å². The van der Waals surface area contributed by atoms with Gasteiger partial charge in [-0.15, -0.1) is 0 Å². The zero-order chi connectivity index (χ0) is 26.3. The number of hydrazone groups is 1. The number of hydrogen-bond acceptors (Lipinski definition) is 5. The number of halogens is 5. The van der Waals surface area contributed by atoms with Crippen LogP contribution >= 0.6 is 23.2 Å². The number of rotatable bonds is 7. The van der Waals surface area contributed by atoms with Gasteiger partial charge in [0.25, 0.3) is 0 Å². The van der Waals surface area contributed by atoms with E-state index in [1.807, 2.05) is 10.7 Å². The van der Waals surface area contributed by atoms with Gasteiger partial charge in [0.2, 0.25) is 0 Å². The number of amides is 2. The topological polar surface area (TPSA) is 89.0 Å². The number of nitrogens with one attached hydrogen (secondary N) is 2. The summed E-state index contributed by atoms with van der Waals surface area (Å²) in [6.45, 7) is 0.126. The molecule has 36 heavy (non-hydrogen) atoms. The van der Waals surface area contributed by atoms with E-state index < -0.39 is 23.6 Å². The average Bonchev–Trinajstić information content (AvgIpc) is 2.84. The van der Waals surface area contributed by atoms with E-state index in [1.165, 1.54) is 13.3 Å². The first-order valence-electron chi connectivity index (χ1n) is 10.1. The van der Waals surface area contributed by atoms with Crippen molar-refractivity contribution in [1.29, 1.82) is 0 Å². The minimum atomic E-state index is -4.65. The summed E-state index contributed by atoms with van der Waals surface area (Å²) in [7, 11) is 1.50. The normalized spacial score (nSPS) is 11.3. The van der Waals surface area contributed by atoms with E-state index >= 15 is 0 Å². The summed E-state index contributed by atoms with van der Waals surface area (Å²) in [6.07, 6.45) is -3.38. The van der Waals surface area contributed by atoms with Crippen LogP contribution in [0, 0.1) is 0 Å². The molecule has 2 N–H and O–H groups in total. The molecule has 0 aliphatic carbocycles. The quantitative estimate of drug-likeness (QED) is 0.229. The van der Waals surface area contributed by atoms with Crippen LogP contribution in [0.1, 0.15) is 16.7 Å². The predicted octanol–water partition coefficient (Wildman–Crippen LogP) is 5.69. The highest BCUT2D eigenvalue weighted by Crippen LogP contribution is 2.33. The monoisotopic (exact) mass is 539 g/mol. The third-order valence-corrected chi connectivity index (χ3v) is 5.29. The van der Waals surface area contributed by atoms with Crippen molar-refractivity contribution in [2.45, 2.75) is 12.8 Å². The molecule has 3 aromatic carbocycles. The Morgan fingerprint density at radius 3 is 2.42 bits per heavy atom. The summed E-state index contributed by atoms with van der Waals surface area (Å²) < 4.78 is 49.7. The first-order valence-corrected chi connectivity index (χ1v) is 10.9. The Kier molecular flexibility index (Phi) is 8.78. The number of carbonyl (C=O) groups is 2. The highest BCUT2D eigenvalue weighted by atomic mass is 35.5. The molecule has 2 amide bonds. The third-order valence-electron chi connectivity index (χ3n) is 4.65. The van der Waals surface area contributed by atoms with Crippen molar-refractivity contribution in [3.8, 4) is 11.5 Å². The lowest BCUT2D eigenvalue weighted by Crippen LogP contribution is -2.32. The van der Waals surface area contributed by atoms with E-state index in [0.717, 1.165) is 12.1 Å². The van der Waals surface area contributed by atoms with Gasteiger partial charge in [-0.1, -0.05) is 35.3 Å². The van der Waals surface area contributed by atoms with E-state index in [0.29, 0.717) is 33.7 Å². The van der Waals surface area contributed by atoms with Gasteiger partial charge in [0.1, 0.15) is 18.1 Å². The van der Waals surface area contributed by atoms with E-state index in [9.17, 15) is 22.8 Å². The van der Waals surface area contributed by atoms with Crippen molar-refractivity contribution >= 4 is 46.9 Å².